The lowest BCUT2D eigenvalue weighted by Crippen LogP contribution is -2.64. The molecule has 0 rings (SSSR count). The molecule has 0 aromatic heterocycles. The van der Waals surface area contributed by atoms with Crippen LogP contribution >= 0.6 is 0 Å². The van der Waals surface area contributed by atoms with Crippen LogP contribution in [-0.2, 0) is 9.59 Å². The molecule has 0 atom stereocenters. The fraction of sp³-hybridized carbons (Fsp3) is 0.750. The zero-order valence-electron chi connectivity index (χ0n) is 8.09. The van der Waals surface area contributed by atoms with Crippen LogP contribution in [-0.4, -0.2) is 25.7 Å². The molecule has 0 aliphatic carbocycles. The summed E-state index contributed by atoms with van der Waals surface area (Å²) < 4.78 is 0. The molecule has 0 unspecified atom stereocenters. The molecule has 0 aromatic rings. The van der Waals surface area contributed by atoms with Crippen molar-refractivity contribution in [2.24, 2.45) is 0 Å². The second kappa shape index (κ2) is 6.42. The molecular weight excluding hydrogens is 170 g/mol. The Bertz CT molecular complexity index is 151. The van der Waals surface area contributed by atoms with Gasteiger partial charge < -0.3 is 10.6 Å². The van der Waals surface area contributed by atoms with Crippen LogP contribution in [0.2, 0.25) is 0 Å². The highest BCUT2D eigenvalue weighted by Crippen LogP contribution is 2.05. The van der Waals surface area contributed by atoms with Crippen LogP contribution in [0.1, 0.15) is 26.2 Å². The van der Waals surface area contributed by atoms with Crippen molar-refractivity contribution in [1.82, 2.24) is 16.0 Å². The van der Waals surface area contributed by atoms with Gasteiger partial charge in [-0.2, -0.15) is 0 Å². The number of nitrogens with one attached hydrogen (secondary N) is 3. The Kier molecular flexibility index (Phi) is 5.88. The van der Waals surface area contributed by atoms with Gasteiger partial charge in [0.2, 0.25) is 12.8 Å². The SMILES string of the molecule is CCCCC(NC)(NC=O)NC=O. The van der Waals surface area contributed by atoms with Crippen LogP contribution in [0.3, 0.4) is 0 Å². The molecule has 3 N–H and O–H groups in total. The summed E-state index contributed by atoms with van der Waals surface area (Å²) in [6, 6.07) is 0. The van der Waals surface area contributed by atoms with Gasteiger partial charge in [0.15, 0.2) is 5.79 Å². The van der Waals surface area contributed by atoms with E-state index in [2.05, 4.69) is 16.0 Å². The number of amides is 2. The Morgan fingerprint density at radius 2 is 1.77 bits per heavy atom. The van der Waals surface area contributed by atoms with Crippen molar-refractivity contribution in [3.8, 4) is 0 Å². The Morgan fingerprint density at radius 3 is 2.08 bits per heavy atom. The standard InChI is InChI=1S/C8H17N3O2/c1-3-4-5-8(9-2,10-6-12)11-7-13/h6-7,9H,3-5H2,1-2H3,(H,10,12)(H,11,13). The maximum absolute atomic E-state index is 10.3. The molecule has 0 radical (unpaired) electrons. The van der Waals surface area contributed by atoms with Gasteiger partial charge in [0.05, 0.1) is 0 Å². The van der Waals surface area contributed by atoms with Crippen molar-refractivity contribution in [2.45, 2.75) is 32.0 Å². The van der Waals surface area contributed by atoms with E-state index in [4.69, 9.17) is 0 Å². The smallest absolute Gasteiger partial charge is 0.209 e. The Balaban J connectivity index is 4.23. The zero-order valence-corrected chi connectivity index (χ0v) is 8.09. The van der Waals surface area contributed by atoms with E-state index in [9.17, 15) is 9.59 Å². The zero-order chi connectivity index (χ0) is 10.2. The largest absolute Gasteiger partial charge is 0.324 e. The fourth-order valence-electron chi connectivity index (χ4n) is 1.10. The van der Waals surface area contributed by atoms with Crippen molar-refractivity contribution in [3.63, 3.8) is 0 Å². The fourth-order valence-corrected chi connectivity index (χ4v) is 1.10. The van der Waals surface area contributed by atoms with Crippen LogP contribution in [0.15, 0.2) is 0 Å². The summed E-state index contributed by atoms with van der Waals surface area (Å²) >= 11 is 0. The molecule has 0 aliphatic heterocycles. The molecule has 13 heavy (non-hydrogen) atoms. The van der Waals surface area contributed by atoms with E-state index in [1.54, 1.807) is 7.05 Å². The monoisotopic (exact) mass is 187 g/mol. The topological polar surface area (TPSA) is 70.2 Å². The van der Waals surface area contributed by atoms with E-state index in [0.29, 0.717) is 19.2 Å². The Morgan fingerprint density at radius 1 is 1.23 bits per heavy atom. The molecule has 0 saturated carbocycles. The lowest BCUT2D eigenvalue weighted by molar-refractivity contribution is -0.115. The summed E-state index contributed by atoms with van der Waals surface area (Å²) in [6.45, 7) is 2.04. The molecule has 0 aliphatic rings. The third-order valence-corrected chi connectivity index (χ3v) is 1.94. The summed E-state index contributed by atoms with van der Waals surface area (Å²) in [7, 11) is 1.68. The van der Waals surface area contributed by atoms with Gasteiger partial charge in [0, 0.05) is 6.42 Å². The molecule has 0 heterocycles. The maximum Gasteiger partial charge on any atom is 0.209 e. The Hall–Kier alpha value is -1.10. The first-order valence-electron chi connectivity index (χ1n) is 4.36. The van der Waals surface area contributed by atoms with Crippen molar-refractivity contribution in [2.75, 3.05) is 7.05 Å². The van der Waals surface area contributed by atoms with Gasteiger partial charge in [-0.1, -0.05) is 13.3 Å². The van der Waals surface area contributed by atoms with Crippen molar-refractivity contribution < 1.29 is 9.59 Å². The second-order valence-electron chi connectivity index (χ2n) is 2.78. The van der Waals surface area contributed by atoms with Gasteiger partial charge in [-0.15, -0.1) is 0 Å². The van der Waals surface area contributed by atoms with Gasteiger partial charge in [-0.05, 0) is 13.5 Å². The first kappa shape index (κ1) is 11.9. The summed E-state index contributed by atoms with van der Waals surface area (Å²) in [4.78, 5) is 20.6. The number of hydrogen-bond acceptors (Lipinski definition) is 3. The molecule has 76 valence electrons. The minimum absolute atomic E-state index is 0.572. The molecule has 5 nitrogen and oxygen atoms in total. The van der Waals surface area contributed by atoms with Crippen LogP contribution in [0.5, 0.6) is 0 Å². The number of carbonyl (C=O) groups excluding carboxylic acids is 2. The number of hydrogen-bond donors (Lipinski definition) is 3. The molecule has 0 bridgehead atoms. The average molecular weight is 187 g/mol. The summed E-state index contributed by atoms with van der Waals surface area (Å²) in [6.07, 6.45) is 3.73. The highest BCUT2D eigenvalue weighted by Gasteiger charge is 2.25. The normalized spacial score (nSPS) is 10.6. The van der Waals surface area contributed by atoms with E-state index in [1.165, 1.54) is 0 Å². The van der Waals surface area contributed by atoms with Crippen LogP contribution in [0, 0.1) is 0 Å². The van der Waals surface area contributed by atoms with Gasteiger partial charge in [-0.3, -0.25) is 14.9 Å². The van der Waals surface area contributed by atoms with Crippen LogP contribution in [0.25, 0.3) is 0 Å². The van der Waals surface area contributed by atoms with Crippen LogP contribution < -0.4 is 16.0 Å². The predicted molar refractivity (Wildman–Crippen MR) is 49.7 cm³/mol. The van der Waals surface area contributed by atoms with E-state index >= 15 is 0 Å². The third-order valence-electron chi connectivity index (χ3n) is 1.94. The molecule has 0 saturated heterocycles. The van der Waals surface area contributed by atoms with Gasteiger partial charge in [0.25, 0.3) is 0 Å². The minimum Gasteiger partial charge on any atom is -0.324 e. The predicted octanol–water partition coefficient (Wildman–Crippen LogP) is -0.458. The molecule has 0 spiro atoms. The molecule has 0 fully saturated rings. The average Bonchev–Trinajstić information content (AvgIpc) is 2.15. The van der Waals surface area contributed by atoms with Gasteiger partial charge in [-0.25, -0.2) is 0 Å². The highest BCUT2D eigenvalue weighted by molar-refractivity contribution is 5.52. The van der Waals surface area contributed by atoms with E-state index < -0.39 is 5.79 Å². The molecule has 5 heteroatoms. The van der Waals surface area contributed by atoms with E-state index in [1.807, 2.05) is 6.92 Å². The third kappa shape index (κ3) is 3.89. The lowest BCUT2D eigenvalue weighted by atomic mass is 10.1. The van der Waals surface area contributed by atoms with E-state index in [-0.39, 0.29) is 0 Å². The first-order valence-corrected chi connectivity index (χ1v) is 4.36. The van der Waals surface area contributed by atoms with Gasteiger partial charge in [0.1, 0.15) is 0 Å². The van der Waals surface area contributed by atoms with Crippen molar-refractivity contribution in [1.29, 1.82) is 0 Å². The van der Waals surface area contributed by atoms with Crippen molar-refractivity contribution in [3.05, 3.63) is 0 Å². The van der Waals surface area contributed by atoms with E-state index in [0.717, 1.165) is 12.8 Å². The summed E-state index contributed by atoms with van der Waals surface area (Å²) in [5, 5.41) is 7.96. The van der Waals surface area contributed by atoms with Gasteiger partial charge >= 0.3 is 0 Å². The first-order chi connectivity index (χ1) is 6.24. The van der Waals surface area contributed by atoms with Crippen molar-refractivity contribution >= 4 is 12.8 Å². The minimum atomic E-state index is -0.792. The molecule has 0 aromatic carbocycles. The number of unbranched alkanes of at least 4 members (excludes halogenated alkanes) is 1. The molecular formula is C8H17N3O2. The number of rotatable bonds is 8. The highest BCUT2D eigenvalue weighted by atomic mass is 16.1. The number of carbonyl (C=O) groups is 2. The quantitative estimate of drug-likeness (QED) is 0.356. The summed E-state index contributed by atoms with van der Waals surface area (Å²) in [5.41, 5.74) is 0. The Labute approximate surface area is 78.3 Å². The van der Waals surface area contributed by atoms with Crippen LogP contribution in [0.4, 0.5) is 0 Å². The summed E-state index contributed by atoms with van der Waals surface area (Å²) in [5.74, 6) is -0.792. The lowest BCUT2D eigenvalue weighted by Gasteiger charge is -2.32. The second-order valence-corrected chi connectivity index (χ2v) is 2.78. The maximum atomic E-state index is 10.3. The molecule has 2 amide bonds.